The number of nitrogens with zero attached hydrogens (tertiary/aromatic N) is 3. The molecule has 0 amide bonds. The number of aromatic nitrogens is 2. The van der Waals surface area contributed by atoms with Crippen molar-refractivity contribution in [1.82, 2.24) is 15.0 Å². The van der Waals surface area contributed by atoms with Crippen molar-refractivity contribution >= 4 is 5.69 Å². The van der Waals surface area contributed by atoms with Crippen LogP contribution in [0.3, 0.4) is 0 Å². The maximum atomic E-state index is 5.34. The second-order valence-corrected chi connectivity index (χ2v) is 7.51. The molecule has 1 aliphatic heterocycles. The average molecular weight is 326 g/mol. The quantitative estimate of drug-likeness (QED) is 0.872. The van der Waals surface area contributed by atoms with Crippen molar-refractivity contribution in [3.05, 3.63) is 41.0 Å². The van der Waals surface area contributed by atoms with Crippen molar-refractivity contribution in [2.45, 2.75) is 65.2 Å². The molecule has 2 aliphatic rings. The van der Waals surface area contributed by atoms with Gasteiger partial charge in [0.15, 0.2) is 5.82 Å². The molecule has 1 aromatic carbocycles. The smallest absolute Gasteiger partial charge is 0.229 e. The van der Waals surface area contributed by atoms with E-state index in [1.54, 1.807) is 0 Å². The molecule has 4 rings (SSSR count). The van der Waals surface area contributed by atoms with Crippen LogP contribution in [0.2, 0.25) is 0 Å². The van der Waals surface area contributed by atoms with E-state index >= 15 is 0 Å². The molecule has 5 nitrogen and oxygen atoms in total. The van der Waals surface area contributed by atoms with Gasteiger partial charge in [-0.1, -0.05) is 31.1 Å². The highest BCUT2D eigenvalue weighted by Crippen LogP contribution is 2.39. The lowest BCUT2D eigenvalue weighted by molar-refractivity contribution is 0.170. The lowest BCUT2D eigenvalue weighted by atomic mass is 10.1. The van der Waals surface area contributed by atoms with Gasteiger partial charge in [-0.25, -0.2) is 0 Å². The number of nitrogens with one attached hydrogen (secondary N) is 1. The van der Waals surface area contributed by atoms with Gasteiger partial charge in [-0.15, -0.1) is 0 Å². The Hall–Kier alpha value is -1.88. The first kappa shape index (κ1) is 15.6. The molecule has 1 aromatic heterocycles. The summed E-state index contributed by atoms with van der Waals surface area (Å²) >= 11 is 0. The van der Waals surface area contributed by atoms with E-state index < -0.39 is 0 Å². The summed E-state index contributed by atoms with van der Waals surface area (Å²) in [6.07, 6.45) is 2.37. The van der Waals surface area contributed by atoms with Crippen LogP contribution in [0, 0.1) is 5.92 Å². The minimum Gasteiger partial charge on any atom is -0.377 e. The van der Waals surface area contributed by atoms with Crippen molar-refractivity contribution in [3.63, 3.8) is 0 Å². The van der Waals surface area contributed by atoms with Crippen LogP contribution in [0.5, 0.6) is 0 Å². The summed E-state index contributed by atoms with van der Waals surface area (Å²) in [7, 11) is 0. The summed E-state index contributed by atoms with van der Waals surface area (Å²) in [4.78, 5) is 7.05. The summed E-state index contributed by atoms with van der Waals surface area (Å²) in [6.45, 7) is 9.57. The first-order valence-electron chi connectivity index (χ1n) is 9.03. The van der Waals surface area contributed by atoms with Crippen LogP contribution in [0.25, 0.3) is 0 Å². The average Bonchev–Trinajstić information content (AvgIpc) is 3.16. The lowest BCUT2D eigenvalue weighted by Gasteiger charge is -2.27. The normalized spacial score (nSPS) is 18.8. The van der Waals surface area contributed by atoms with Crippen LogP contribution in [-0.4, -0.2) is 21.1 Å². The van der Waals surface area contributed by atoms with Crippen molar-refractivity contribution in [2.24, 2.45) is 5.92 Å². The molecule has 1 fully saturated rings. The van der Waals surface area contributed by atoms with E-state index in [1.807, 2.05) is 0 Å². The largest absolute Gasteiger partial charge is 0.377 e. The fraction of sp³-hybridized carbons (Fsp3) is 0.579. The van der Waals surface area contributed by atoms with Gasteiger partial charge in [0.1, 0.15) is 0 Å². The third kappa shape index (κ3) is 3.05. The zero-order valence-corrected chi connectivity index (χ0v) is 14.7. The summed E-state index contributed by atoms with van der Waals surface area (Å²) < 4.78 is 5.34. The SMILES string of the molecule is CC(C)C(C)N1Cc2cccc(NCc3noc(C4CC4)n3)c2C1. The number of benzene rings is 1. The van der Waals surface area contributed by atoms with Gasteiger partial charge in [0.05, 0.1) is 6.54 Å². The molecule has 24 heavy (non-hydrogen) atoms. The maximum Gasteiger partial charge on any atom is 0.229 e. The van der Waals surface area contributed by atoms with Crippen LogP contribution >= 0.6 is 0 Å². The van der Waals surface area contributed by atoms with E-state index in [0.717, 1.165) is 24.8 Å². The molecular formula is C19H26N4O. The summed E-state index contributed by atoms with van der Waals surface area (Å²) in [5, 5.41) is 7.60. The number of rotatable bonds is 6. The molecular weight excluding hydrogens is 300 g/mol. The van der Waals surface area contributed by atoms with Gasteiger partial charge >= 0.3 is 0 Å². The lowest BCUT2D eigenvalue weighted by Crippen LogP contribution is -2.32. The number of hydrogen-bond donors (Lipinski definition) is 1. The van der Waals surface area contributed by atoms with E-state index in [-0.39, 0.29) is 0 Å². The number of anilines is 1. The van der Waals surface area contributed by atoms with Gasteiger partial charge in [0.25, 0.3) is 0 Å². The second-order valence-electron chi connectivity index (χ2n) is 7.51. The standard InChI is InChI=1S/C19H26N4O/c1-12(2)13(3)23-10-15-5-4-6-17(16(15)11-23)20-9-18-21-19(24-22-18)14-7-8-14/h4-6,12-14,20H,7-11H2,1-3H3. The zero-order chi connectivity index (χ0) is 16.7. The molecule has 0 spiro atoms. The minimum absolute atomic E-state index is 0.512. The van der Waals surface area contributed by atoms with E-state index in [2.05, 4.69) is 59.3 Å². The van der Waals surface area contributed by atoms with Crippen molar-refractivity contribution in [2.75, 3.05) is 5.32 Å². The summed E-state index contributed by atoms with van der Waals surface area (Å²) in [5.41, 5.74) is 4.04. The molecule has 1 unspecified atom stereocenters. The Morgan fingerprint density at radius 3 is 2.83 bits per heavy atom. The Labute approximate surface area is 143 Å². The molecule has 1 saturated carbocycles. The highest BCUT2D eigenvalue weighted by Gasteiger charge is 2.30. The zero-order valence-electron chi connectivity index (χ0n) is 14.7. The molecule has 1 aliphatic carbocycles. The summed E-state index contributed by atoms with van der Waals surface area (Å²) in [6, 6.07) is 7.12. The third-order valence-electron chi connectivity index (χ3n) is 5.40. The molecule has 1 atom stereocenters. The van der Waals surface area contributed by atoms with Gasteiger partial charge in [-0.2, -0.15) is 4.98 Å². The predicted molar refractivity (Wildman–Crippen MR) is 93.6 cm³/mol. The minimum atomic E-state index is 0.512. The maximum absolute atomic E-state index is 5.34. The highest BCUT2D eigenvalue weighted by molar-refractivity contribution is 5.56. The van der Waals surface area contributed by atoms with Crippen molar-refractivity contribution in [3.8, 4) is 0 Å². The van der Waals surface area contributed by atoms with E-state index in [1.165, 1.54) is 29.7 Å². The molecule has 2 aromatic rings. The van der Waals surface area contributed by atoms with Gasteiger partial charge in [-0.05, 0) is 42.9 Å². The Bertz CT molecular complexity index is 720. The molecule has 0 radical (unpaired) electrons. The Kier molecular flexibility index (Phi) is 4.04. The van der Waals surface area contributed by atoms with Gasteiger partial charge < -0.3 is 9.84 Å². The van der Waals surface area contributed by atoms with Gasteiger partial charge in [-0.3, -0.25) is 4.90 Å². The van der Waals surface area contributed by atoms with Crippen LogP contribution < -0.4 is 5.32 Å². The summed E-state index contributed by atoms with van der Waals surface area (Å²) in [5.74, 6) is 2.73. The Balaban J connectivity index is 1.44. The van der Waals surface area contributed by atoms with Crippen molar-refractivity contribution < 1.29 is 4.52 Å². The first-order valence-corrected chi connectivity index (χ1v) is 9.03. The monoisotopic (exact) mass is 326 g/mol. The molecule has 0 saturated heterocycles. The fourth-order valence-corrected chi connectivity index (χ4v) is 3.33. The first-order chi connectivity index (χ1) is 11.6. The predicted octanol–water partition coefficient (Wildman–Crippen LogP) is 3.92. The van der Waals surface area contributed by atoms with Crippen molar-refractivity contribution in [1.29, 1.82) is 0 Å². The Morgan fingerprint density at radius 2 is 2.08 bits per heavy atom. The fourth-order valence-electron chi connectivity index (χ4n) is 3.33. The Morgan fingerprint density at radius 1 is 1.25 bits per heavy atom. The molecule has 128 valence electrons. The molecule has 1 N–H and O–H groups in total. The third-order valence-corrected chi connectivity index (χ3v) is 5.40. The topological polar surface area (TPSA) is 54.2 Å². The second kappa shape index (κ2) is 6.20. The van der Waals surface area contributed by atoms with Gasteiger partial charge in [0.2, 0.25) is 5.89 Å². The van der Waals surface area contributed by atoms with Crippen LogP contribution in [0.4, 0.5) is 5.69 Å². The number of fused-ring (bicyclic) bond motifs is 1. The van der Waals surface area contributed by atoms with Crippen LogP contribution in [0.1, 0.15) is 62.4 Å². The van der Waals surface area contributed by atoms with E-state index in [0.29, 0.717) is 24.4 Å². The number of hydrogen-bond acceptors (Lipinski definition) is 5. The van der Waals surface area contributed by atoms with Gasteiger partial charge in [0, 0.05) is 30.7 Å². The van der Waals surface area contributed by atoms with Crippen LogP contribution in [-0.2, 0) is 19.6 Å². The highest BCUT2D eigenvalue weighted by atomic mass is 16.5. The van der Waals surface area contributed by atoms with E-state index in [9.17, 15) is 0 Å². The molecule has 5 heteroatoms. The van der Waals surface area contributed by atoms with Crippen LogP contribution in [0.15, 0.2) is 22.7 Å². The molecule has 2 heterocycles. The molecule has 0 bridgehead atoms. The van der Waals surface area contributed by atoms with E-state index in [4.69, 9.17) is 4.52 Å².